The molecular formula is C16H13Cl2NO2. The summed E-state index contributed by atoms with van der Waals surface area (Å²) >= 11 is 11.8. The predicted molar refractivity (Wildman–Crippen MR) is 83.1 cm³/mol. The fourth-order valence-electron chi connectivity index (χ4n) is 1.89. The maximum Gasteiger partial charge on any atom is 0.136 e. The Morgan fingerprint density at radius 1 is 1.14 bits per heavy atom. The van der Waals surface area contributed by atoms with Crippen molar-refractivity contribution in [3.8, 4) is 17.6 Å². The standard InChI is InChI=1S/C16H13Cl2NO2/c1-20-15-4-2-11(6-13(15)9-19)10-21-16-5-3-14(18)7-12(16)8-17/h2-7H,8,10H2,1H3. The Morgan fingerprint density at radius 2 is 1.90 bits per heavy atom. The fraction of sp³-hybridized carbons (Fsp3) is 0.188. The van der Waals surface area contributed by atoms with Crippen LogP contribution < -0.4 is 9.47 Å². The van der Waals surface area contributed by atoms with E-state index < -0.39 is 0 Å². The summed E-state index contributed by atoms with van der Waals surface area (Å²) in [7, 11) is 1.53. The van der Waals surface area contributed by atoms with Crippen molar-refractivity contribution in [1.82, 2.24) is 0 Å². The Kier molecular flexibility index (Phi) is 5.32. The second-order valence-corrected chi connectivity index (χ2v) is 5.02. The van der Waals surface area contributed by atoms with E-state index in [0.29, 0.717) is 34.6 Å². The van der Waals surface area contributed by atoms with Crippen molar-refractivity contribution in [2.75, 3.05) is 7.11 Å². The Hall–Kier alpha value is -1.89. The second kappa shape index (κ2) is 7.21. The molecule has 0 saturated carbocycles. The van der Waals surface area contributed by atoms with Gasteiger partial charge in [0.15, 0.2) is 0 Å². The molecule has 0 aliphatic rings. The second-order valence-electron chi connectivity index (χ2n) is 4.32. The number of ether oxygens (including phenoxy) is 2. The monoisotopic (exact) mass is 321 g/mol. The topological polar surface area (TPSA) is 42.2 Å². The van der Waals surface area contributed by atoms with Gasteiger partial charge in [-0.05, 0) is 35.9 Å². The van der Waals surface area contributed by atoms with Gasteiger partial charge in [0.25, 0.3) is 0 Å². The van der Waals surface area contributed by atoms with Crippen molar-refractivity contribution in [2.24, 2.45) is 0 Å². The van der Waals surface area contributed by atoms with Crippen molar-refractivity contribution in [3.63, 3.8) is 0 Å². The largest absolute Gasteiger partial charge is 0.495 e. The summed E-state index contributed by atoms with van der Waals surface area (Å²) in [5.41, 5.74) is 2.19. The first kappa shape index (κ1) is 15.5. The lowest BCUT2D eigenvalue weighted by Crippen LogP contribution is -1.99. The molecule has 0 saturated heterocycles. The fourth-order valence-corrected chi connectivity index (χ4v) is 2.29. The summed E-state index contributed by atoms with van der Waals surface area (Å²) in [6.45, 7) is 0.337. The van der Waals surface area contributed by atoms with Crippen molar-refractivity contribution < 1.29 is 9.47 Å². The van der Waals surface area contributed by atoms with E-state index >= 15 is 0 Å². The van der Waals surface area contributed by atoms with E-state index in [9.17, 15) is 0 Å². The molecule has 0 atom stereocenters. The highest BCUT2D eigenvalue weighted by Gasteiger charge is 2.07. The van der Waals surface area contributed by atoms with Crippen LogP contribution in [0.2, 0.25) is 5.02 Å². The highest BCUT2D eigenvalue weighted by atomic mass is 35.5. The zero-order valence-corrected chi connectivity index (χ0v) is 12.9. The van der Waals surface area contributed by atoms with Crippen molar-refractivity contribution in [1.29, 1.82) is 5.26 Å². The molecule has 0 aliphatic carbocycles. The minimum Gasteiger partial charge on any atom is -0.495 e. The molecule has 0 N–H and O–H groups in total. The van der Waals surface area contributed by atoms with Crippen LogP contribution >= 0.6 is 23.2 Å². The first-order valence-electron chi connectivity index (χ1n) is 6.22. The first-order chi connectivity index (χ1) is 10.2. The van der Waals surface area contributed by atoms with Gasteiger partial charge in [-0.3, -0.25) is 0 Å². The van der Waals surface area contributed by atoms with Gasteiger partial charge in [0.2, 0.25) is 0 Å². The molecule has 0 fully saturated rings. The third-order valence-electron chi connectivity index (χ3n) is 2.95. The van der Waals surface area contributed by atoms with Crippen LogP contribution in [-0.4, -0.2) is 7.11 Å². The minimum atomic E-state index is 0.321. The van der Waals surface area contributed by atoms with Crippen molar-refractivity contribution in [2.45, 2.75) is 12.5 Å². The number of halogens is 2. The lowest BCUT2D eigenvalue weighted by atomic mass is 10.1. The van der Waals surface area contributed by atoms with E-state index in [0.717, 1.165) is 11.1 Å². The molecule has 0 radical (unpaired) electrons. The van der Waals surface area contributed by atoms with Crippen LogP contribution in [0.25, 0.3) is 0 Å². The Balaban J connectivity index is 2.15. The molecular weight excluding hydrogens is 309 g/mol. The Bertz CT molecular complexity index is 680. The van der Waals surface area contributed by atoms with Gasteiger partial charge in [0, 0.05) is 10.6 Å². The summed E-state index contributed by atoms with van der Waals surface area (Å²) in [6.07, 6.45) is 0. The third-order valence-corrected chi connectivity index (χ3v) is 3.47. The first-order valence-corrected chi connectivity index (χ1v) is 7.13. The van der Waals surface area contributed by atoms with Crippen LogP contribution in [0, 0.1) is 11.3 Å². The SMILES string of the molecule is COc1ccc(COc2ccc(Cl)cc2CCl)cc1C#N. The number of benzene rings is 2. The Labute approximate surface area is 133 Å². The molecule has 108 valence electrons. The smallest absolute Gasteiger partial charge is 0.136 e. The van der Waals surface area contributed by atoms with E-state index in [-0.39, 0.29) is 0 Å². The van der Waals surface area contributed by atoms with Gasteiger partial charge in [-0.2, -0.15) is 5.26 Å². The van der Waals surface area contributed by atoms with Crippen molar-refractivity contribution >= 4 is 23.2 Å². The summed E-state index contributed by atoms with van der Waals surface area (Å²) < 4.78 is 10.9. The van der Waals surface area contributed by atoms with Gasteiger partial charge in [0.1, 0.15) is 24.2 Å². The van der Waals surface area contributed by atoms with Gasteiger partial charge < -0.3 is 9.47 Å². The predicted octanol–water partition coefficient (Wildman–Crippen LogP) is 4.54. The van der Waals surface area contributed by atoms with Gasteiger partial charge in [-0.25, -0.2) is 0 Å². The van der Waals surface area contributed by atoms with Gasteiger partial charge in [0.05, 0.1) is 18.6 Å². The molecule has 0 aliphatic heterocycles. The normalized spacial score (nSPS) is 10.0. The average molecular weight is 322 g/mol. The van der Waals surface area contributed by atoms with Crippen LogP contribution in [0.5, 0.6) is 11.5 Å². The molecule has 0 bridgehead atoms. The summed E-state index contributed by atoms with van der Waals surface area (Å²) in [5, 5.41) is 9.69. The number of nitriles is 1. The highest BCUT2D eigenvalue weighted by Crippen LogP contribution is 2.26. The number of rotatable bonds is 5. The lowest BCUT2D eigenvalue weighted by molar-refractivity contribution is 0.303. The summed E-state index contributed by atoms with van der Waals surface area (Å²) in [5.74, 6) is 1.56. The van der Waals surface area contributed by atoms with Crippen molar-refractivity contribution in [3.05, 3.63) is 58.1 Å². The summed E-state index contributed by atoms with van der Waals surface area (Å²) in [4.78, 5) is 0. The van der Waals surface area contributed by atoms with E-state index in [1.165, 1.54) is 7.11 Å². The zero-order chi connectivity index (χ0) is 15.2. The number of hydrogen-bond donors (Lipinski definition) is 0. The molecule has 0 unspecified atom stereocenters. The molecule has 0 amide bonds. The maximum atomic E-state index is 9.07. The quantitative estimate of drug-likeness (QED) is 0.759. The van der Waals surface area contributed by atoms with E-state index in [2.05, 4.69) is 6.07 Å². The van der Waals surface area contributed by atoms with Crippen LogP contribution in [-0.2, 0) is 12.5 Å². The van der Waals surface area contributed by atoms with E-state index in [4.69, 9.17) is 37.9 Å². The molecule has 0 heterocycles. The molecule has 2 rings (SSSR count). The van der Waals surface area contributed by atoms with Crippen LogP contribution in [0.3, 0.4) is 0 Å². The minimum absolute atomic E-state index is 0.321. The number of alkyl halides is 1. The number of hydrogen-bond acceptors (Lipinski definition) is 3. The molecule has 2 aromatic rings. The molecule has 21 heavy (non-hydrogen) atoms. The highest BCUT2D eigenvalue weighted by molar-refractivity contribution is 6.30. The van der Waals surface area contributed by atoms with Crippen LogP contribution in [0.1, 0.15) is 16.7 Å². The number of methoxy groups -OCH3 is 1. The molecule has 5 heteroatoms. The zero-order valence-electron chi connectivity index (χ0n) is 11.4. The Morgan fingerprint density at radius 3 is 2.57 bits per heavy atom. The number of nitrogens with zero attached hydrogens (tertiary/aromatic N) is 1. The average Bonchev–Trinajstić information content (AvgIpc) is 2.53. The summed E-state index contributed by atoms with van der Waals surface area (Å²) in [6, 6.07) is 12.8. The molecule has 0 aromatic heterocycles. The lowest BCUT2D eigenvalue weighted by Gasteiger charge is -2.11. The maximum absolute atomic E-state index is 9.07. The van der Waals surface area contributed by atoms with Crippen LogP contribution in [0.4, 0.5) is 0 Å². The molecule has 3 nitrogen and oxygen atoms in total. The third kappa shape index (κ3) is 3.81. The van der Waals surface area contributed by atoms with Crippen LogP contribution in [0.15, 0.2) is 36.4 Å². The molecule has 2 aromatic carbocycles. The van der Waals surface area contributed by atoms with Gasteiger partial charge >= 0.3 is 0 Å². The van der Waals surface area contributed by atoms with Gasteiger partial charge in [-0.15, -0.1) is 11.6 Å². The van der Waals surface area contributed by atoms with Gasteiger partial charge in [-0.1, -0.05) is 17.7 Å². The van der Waals surface area contributed by atoms with E-state index in [1.807, 2.05) is 6.07 Å². The van der Waals surface area contributed by atoms with E-state index in [1.54, 1.807) is 30.3 Å². The molecule has 0 spiro atoms.